The minimum atomic E-state index is -4.00. The highest BCUT2D eigenvalue weighted by Crippen LogP contribution is 2.35. The first-order chi connectivity index (χ1) is 17.2. The number of hydrogen-bond acceptors (Lipinski definition) is 7. The van der Waals surface area contributed by atoms with Crippen molar-refractivity contribution < 1.29 is 22.9 Å². The zero-order valence-electron chi connectivity index (χ0n) is 21.0. The molecule has 1 atom stereocenters. The van der Waals surface area contributed by atoms with Gasteiger partial charge in [0, 0.05) is 25.2 Å². The maximum absolute atomic E-state index is 13.3. The monoisotopic (exact) mass is 518 g/mol. The Labute approximate surface area is 212 Å². The van der Waals surface area contributed by atoms with Gasteiger partial charge in [-0.25, -0.2) is 8.42 Å². The van der Waals surface area contributed by atoms with Gasteiger partial charge in [0.15, 0.2) is 0 Å². The molecule has 36 heavy (non-hydrogen) atoms. The number of anilines is 1. The number of carbonyl (C=O) groups excluding carboxylic acids is 1. The van der Waals surface area contributed by atoms with Crippen LogP contribution in [-0.2, 0) is 27.9 Å². The number of piperidine rings is 1. The van der Waals surface area contributed by atoms with Crippen molar-refractivity contribution >= 4 is 27.3 Å². The van der Waals surface area contributed by atoms with Crippen LogP contribution in [0.5, 0.6) is 5.75 Å². The Morgan fingerprint density at radius 2 is 1.83 bits per heavy atom. The van der Waals surface area contributed by atoms with Gasteiger partial charge in [-0.1, -0.05) is 37.6 Å². The van der Waals surface area contributed by atoms with Crippen molar-refractivity contribution in [2.75, 3.05) is 30.8 Å². The number of carbonyl (C=O) groups is 1. The van der Waals surface area contributed by atoms with Gasteiger partial charge in [0.05, 0.1) is 18.3 Å². The lowest BCUT2D eigenvalue weighted by molar-refractivity contribution is -0.384. The molecule has 1 N–H and O–H groups in total. The van der Waals surface area contributed by atoms with Gasteiger partial charge in [-0.05, 0) is 49.5 Å². The van der Waals surface area contributed by atoms with Crippen LogP contribution in [0, 0.1) is 10.1 Å². The Morgan fingerprint density at radius 1 is 1.17 bits per heavy atom. The Kier molecular flexibility index (Phi) is 9.27. The van der Waals surface area contributed by atoms with Gasteiger partial charge < -0.3 is 10.1 Å². The number of nitro groups is 1. The molecule has 3 rings (SSSR count). The van der Waals surface area contributed by atoms with Gasteiger partial charge in [-0.3, -0.25) is 24.1 Å². The molecule has 1 fully saturated rings. The van der Waals surface area contributed by atoms with Crippen LogP contribution in [0.1, 0.15) is 43.7 Å². The highest BCUT2D eigenvalue weighted by Gasteiger charge is 2.34. The molecule has 196 valence electrons. The molecule has 0 radical (unpaired) electrons. The number of nitro benzene ring substituents is 1. The predicted octanol–water partition coefficient (Wildman–Crippen LogP) is 3.45. The average molecular weight is 519 g/mol. The molecule has 0 saturated carbocycles. The number of ether oxygens (including phenoxy) is 1. The highest BCUT2D eigenvalue weighted by atomic mass is 32.2. The fourth-order valence-electron chi connectivity index (χ4n) is 4.54. The molecule has 2 aromatic rings. The Bertz CT molecular complexity index is 1180. The van der Waals surface area contributed by atoms with Crippen molar-refractivity contribution in [2.45, 2.75) is 51.7 Å². The van der Waals surface area contributed by atoms with E-state index in [1.807, 2.05) is 24.3 Å². The Morgan fingerprint density at radius 3 is 2.42 bits per heavy atom. The number of non-ortho nitro benzene ring substituents is 1. The second-order valence-corrected chi connectivity index (χ2v) is 10.8. The standard InChI is InChI=1S/C25H34N4O6S/c1-4-22(28(36(3,33)34)23-16-21(29(31)32)12-13-24(23)35-2)25(30)26-17-19-10-6-7-11-20(19)18-27-14-8-5-9-15-27/h6-7,10-13,16,22H,4-5,8-9,14-15,17-18H2,1-3H3,(H,26,30)/t22-/m1/s1. The quantitative estimate of drug-likeness (QED) is 0.357. The largest absolute Gasteiger partial charge is 0.495 e. The van der Waals surface area contributed by atoms with Crippen LogP contribution in [0.2, 0.25) is 0 Å². The zero-order chi connectivity index (χ0) is 26.3. The molecule has 1 saturated heterocycles. The molecule has 11 heteroatoms. The fraction of sp³-hybridized carbons (Fsp3) is 0.480. The highest BCUT2D eigenvalue weighted by molar-refractivity contribution is 7.92. The second-order valence-electron chi connectivity index (χ2n) is 8.92. The van der Waals surface area contributed by atoms with E-state index < -0.39 is 26.9 Å². The van der Waals surface area contributed by atoms with E-state index in [1.54, 1.807) is 6.92 Å². The van der Waals surface area contributed by atoms with Gasteiger partial charge in [0.25, 0.3) is 5.69 Å². The molecule has 1 aliphatic heterocycles. The Hall–Kier alpha value is -3.18. The number of nitrogens with zero attached hydrogens (tertiary/aromatic N) is 3. The number of likely N-dealkylation sites (tertiary alicyclic amines) is 1. The molecular weight excluding hydrogens is 484 g/mol. The third kappa shape index (κ3) is 6.73. The van der Waals surface area contributed by atoms with Crippen LogP contribution in [0.25, 0.3) is 0 Å². The lowest BCUT2D eigenvalue weighted by atomic mass is 10.0. The summed E-state index contributed by atoms with van der Waals surface area (Å²) in [5.74, 6) is -0.381. The van der Waals surface area contributed by atoms with Gasteiger partial charge >= 0.3 is 0 Å². The first-order valence-electron chi connectivity index (χ1n) is 12.0. The third-order valence-electron chi connectivity index (χ3n) is 6.35. The fourth-order valence-corrected chi connectivity index (χ4v) is 5.75. The van der Waals surface area contributed by atoms with E-state index in [2.05, 4.69) is 10.2 Å². The molecule has 1 amide bonds. The van der Waals surface area contributed by atoms with Crippen LogP contribution in [0.4, 0.5) is 11.4 Å². The van der Waals surface area contributed by atoms with Crippen molar-refractivity contribution in [3.63, 3.8) is 0 Å². The van der Waals surface area contributed by atoms with Gasteiger partial charge in [0.2, 0.25) is 15.9 Å². The maximum Gasteiger partial charge on any atom is 0.271 e. The molecule has 1 heterocycles. The van der Waals surface area contributed by atoms with Gasteiger partial charge in [-0.15, -0.1) is 0 Å². The molecule has 10 nitrogen and oxygen atoms in total. The summed E-state index contributed by atoms with van der Waals surface area (Å²) in [7, 11) is -2.66. The zero-order valence-corrected chi connectivity index (χ0v) is 21.8. The van der Waals surface area contributed by atoms with E-state index >= 15 is 0 Å². The van der Waals surface area contributed by atoms with Crippen molar-refractivity contribution in [2.24, 2.45) is 0 Å². The molecule has 1 aliphatic rings. The molecule has 2 aromatic carbocycles. The summed E-state index contributed by atoms with van der Waals surface area (Å²) in [5.41, 5.74) is 1.72. The van der Waals surface area contributed by atoms with E-state index in [9.17, 15) is 23.3 Å². The molecule has 0 unspecified atom stereocenters. The number of hydrogen-bond donors (Lipinski definition) is 1. The van der Waals surface area contributed by atoms with E-state index in [4.69, 9.17) is 4.74 Å². The molecular formula is C25H34N4O6S. The van der Waals surface area contributed by atoms with Crippen molar-refractivity contribution in [3.8, 4) is 5.75 Å². The van der Waals surface area contributed by atoms with Crippen LogP contribution in [0.15, 0.2) is 42.5 Å². The number of sulfonamides is 1. The first-order valence-corrected chi connectivity index (χ1v) is 13.9. The molecule has 0 aromatic heterocycles. The van der Waals surface area contributed by atoms with Gasteiger partial charge in [-0.2, -0.15) is 0 Å². The third-order valence-corrected chi connectivity index (χ3v) is 7.52. The summed E-state index contributed by atoms with van der Waals surface area (Å²) in [6.45, 7) is 4.82. The number of methoxy groups -OCH3 is 1. The number of nitrogens with one attached hydrogen (secondary N) is 1. The van der Waals surface area contributed by atoms with E-state index in [0.717, 1.165) is 47.4 Å². The summed E-state index contributed by atoms with van der Waals surface area (Å²) >= 11 is 0. The molecule has 0 aliphatic carbocycles. The number of amides is 1. The van der Waals surface area contributed by atoms with Crippen LogP contribution in [-0.4, -0.2) is 56.6 Å². The van der Waals surface area contributed by atoms with Crippen molar-refractivity contribution in [1.82, 2.24) is 10.2 Å². The SMILES string of the molecule is CC[C@H](C(=O)NCc1ccccc1CN1CCCCC1)N(c1cc([N+](=O)[O-])ccc1OC)S(C)(=O)=O. The second kappa shape index (κ2) is 12.2. The average Bonchev–Trinajstić information content (AvgIpc) is 2.86. The summed E-state index contributed by atoms with van der Waals surface area (Å²) in [6, 6.07) is 10.4. The lowest BCUT2D eigenvalue weighted by Crippen LogP contribution is -2.49. The van der Waals surface area contributed by atoms with Crippen LogP contribution < -0.4 is 14.4 Å². The summed E-state index contributed by atoms with van der Waals surface area (Å²) in [5, 5.41) is 14.2. The smallest absolute Gasteiger partial charge is 0.271 e. The first kappa shape index (κ1) is 27.4. The van der Waals surface area contributed by atoms with E-state index in [1.165, 1.54) is 38.5 Å². The number of rotatable bonds is 11. The summed E-state index contributed by atoms with van der Waals surface area (Å²) in [6.07, 6.45) is 4.73. The minimum Gasteiger partial charge on any atom is -0.495 e. The van der Waals surface area contributed by atoms with E-state index in [-0.39, 0.29) is 30.1 Å². The van der Waals surface area contributed by atoms with Crippen LogP contribution >= 0.6 is 0 Å². The summed E-state index contributed by atoms with van der Waals surface area (Å²) < 4.78 is 31.9. The van der Waals surface area contributed by atoms with Gasteiger partial charge in [0.1, 0.15) is 17.5 Å². The van der Waals surface area contributed by atoms with Crippen molar-refractivity contribution in [1.29, 1.82) is 0 Å². The van der Waals surface area contributed by atoms with E-state index in [0.29, 0.717) is 0 Å². The minimum absolute atomic E-state index is 0.0540. The van der Waals surface area contributed by atoms with Crippen molar-refractivity contribution in [3.05, 3.63) is 63.7 Å². The normalized spacial score (nSPS) is 15.2. The molecule has 0 bridgehead atoms. The summed E-state index contributed by atoms with van der Waals surface area (Å²) in [4.78, 5) is 26.5. The molecule has 0 spiro atoms. The topological polar surface area (TPSA) is 122 Å². The Balaban J connectivity index is 1.85. The lowest BCUT2D eigenvalue weighted by Gasteiger charge is -2.31. The number of benzene rings is 2. The maximum atomic E-state index is 13.3. The van der Waals surface area contributed by atoms with Crippen LogP contribution in [0.3, 0.4) is 0 Å². The predicted molar refractivity (Wildman–Crippen MR) is 138 cm³/mol.